The molecule has 2 aromatic rings. The summed E-state index contributed by atoms with van der Waals surface area (Å²) in [5.74, 6) is 2.44. The Balaban J connectivity index is 1.34. The number of nitrogens with zero attached hydrogens (tertiary/aromatic N) is 3. The van der Waals surface area contributed by atoms with E-state index in [0.29, 0.717) is 29.4 Å². The number of epoxide rings is 2. The van der Waals surface area contributed by atoms with Crippen molar-refractivity contribution in [2.45, 2.75) is 36.5 Å². The summed E-state index contributed by atoms with van der Waals surface area (Å²) >= 11 is 0. The monoisotopic (exact) mass is 361 g/mol. The maximum Gasteiger partial charge on any atom is 0.352 e. The van der Waals surface area contributed by atoms with Crippen LogP contribution in [0.25, 0.3) is 5.69 Å². The molecule has 27 heavy (non-hydrogen) atoms. The van der Waals surface area contributed by atoms with Crippen LogP contribution in [0.2, 0.25) is 0 Å². The molecule has 5 saturated carbocycles. The first-order chi connectivity index (χ1) is 13.3. The van der Waals surface area contributed by atoms with Gasteiger partial charge in [0, 0.05) is 10.8 Å². The molecule has 7 heteroatoms. The molecule has 7 nitrogen and oxygen atoms in total. The van der Waals surface area contributed by atoms with Gasteiger partial charge in [-0.3, -0.25) is 0 Å². The summed E-state index contributed by atoms with van der Waals surface area (Å²) in [6, 6.07) is 9.60. The summed E-state index contributed by atoms with van der Waals surface area (Å²) in [5.41, 5.74) is 0.468. The molecule has 2 spiro atoms. The highest BCUT2D eigenvalue weighted by atomic mass is 16.7. The number of hydrogen-bond donors (Lipinski definition) is 0. The first-order valence-electron chi connectivity index (χ1n) is 10.1. The molecule has 2 bridgehead atoms. The third-order valence-electron chi connectivity index (χ3n) is 9.85. The Hall–Kier alpha value is -2.12. The van der Waals surface area contributed by atoms with Gasteiger partial charge in [0.25, 0.3) is 0 Å². The molecule has 0 radical (unpaired) electrons. The smallest absolute Gasteiger partial charge is 0.352 e. The van der Waals surface area contributed by atoms with Crippen molar-refractivity contribution in [3.63, 3.8) is 0 Å². The first kappa shape index (κ1) is 12.4. The summed E-state index contributed by atoms with van der Waals surface area (Å²) in [4.78, 5) is 27.0. The fourth-order valence-electron chi connectivity index (χ4n) is 9.63. The van der Waals surface area contributed by atoms with Crippen LogP contribution in [0.3, 0.4) is 0 Å². The van der Waals surface area contributed by atoms with Gasteiger partial charge in [-0.05, 0) is 35.8 Å². The van der Waals surface area contributed by atoms with Crippen LogP contribution < -0.4 is 11.4 Å². The zero-order chi connectivity index (χ0) is 17.2. The third kappa shape index (κ3) is 0.809. The van der Waals surface area contributed by atoms with E-state index in [4.69, 9.17) is 9.47 Å². The van der Waals surface area contributed by atoms with Gasteiger partial charge in [-0.15, -0.1) is 0 Å². The summed E-state index contributed by atoms with van der Waals surface area (Å²) in [5, 5.41) is 0. The molecule has 12 atom stereocenters. The molecule has 2 saturated heterocycles. The second-order valence-electron chi connectivity index (χ2n) is 9.93. The molecule has 2 unspecified atom stereocenters. The van der Waals surface area contributed by atoms with Gasteiger partial charge < -0.3 is 9.47 Å². The summed E-state index contributed by atoms with van der Waals surface area (Å²) in [6.45, 7) is 0. The Morgan fingerprint density at radius 1 is 0.778 bits per heavy atom. The van der Waals surface area contributed by atoms with Crippen LogP contribution in [0.4, 0.5) is 0 Å². The number of fused-ring (bicyclic) bond motifs is 3. The topological polar surface area (TPSA) is 74.0 Å². The molecular weight excluding hydrogens is 346 g/mol. The predicted octanol–water partition coefficient (Wildman–Crippen LogP) is -0.0631. The van der Waals surface area contributed by atoms with Crippen molar-refractivity contribution in [3.05, 3.63) is 51.3 Å². The summed E-state index contributed by atoms with van der Waals surface area (Å²) in [6.07, 6.45) is 0.998. The van der Waals surface area contributed by atoms with Crippen LogP contribution in [-0.4, -0.2) is 38.3 Å². The number of para-hydroxylation sites is 1. The van der Waals surface area contributed by atoms with Crippen molar-refractivity contribution in [2.24, 2.45) is 34.5 Å². The van der Waals surface area contributed by atoms with Crippen molar-refractivity contribution in [2.75, 3.05) is 0 Å². The molecule has 5 heterocycles. The Bertz CT molecular complexity index is 1200. The average molecular weight is 361 g/mol. The maximum absolute atomic E-state index is 13.5. The molecule has 0 N–H and O–H groups in total. The minimum absolute atomic E-state index is 0.0726. The molecule has 1 aromatic heterocycles. The highest BCUT2D eigenvalue weighted by Gasteiger charge is 3.11. The molecular formula is C20H15N3O4. The lowest BCUT2D eigenvalue weighted by Crippen LogP contribution is -2.57. The summed E-state index contributed by atoms with van der Waals surface area (Å²) in [7, 11) is 0. The van der Waals surface area contributed by atoms with Crippen LogP contribution in [0.1, 0.15) is 12.1 Å². The fraction of sp³-hybridized carbons (Fsp3) is 0.600. The van der Waals surface area contributed by atoms with Gasteiger partial charge in [0.05, 0.1) is 30.0 Å². The largest absolute Gasteiger partial charge is 0.366 e. The Labute approximate surface area is 152 Å². The molecule has 9 aliphatic rings. The number of hydrogen-bond acceptors (Lipinski definition) is 4. The van der Waals surface area contributed by atoms with E-state index in [1.165, 1.54) is 4.57 Å². The predicted molar refractivity (Wildman–Crippen MR) is 88.5 cm³/mol. The average Bonchev–Trinajstić information content (AvgIpc) is 3.51. The minimum atomic E-state index is -0.170. The highest BCUT2D eigenvalue weighted by Crippen LogP contribution is 3.07. The maximum atomic E-state index is 13.5. The van der Waals surface area contributed by atoms with E-state index in [1.807, 2.05) is 39.7 Å². The van der Waals surface area contributed by atoms with Crippen molar-refractivity contribution in [3.8, 4) is 5.69 Å². The lowest BCUT2D eigenvalue weighted by Gasteiger charge is -2.48. The lowest BCUT2D eigenvalue weighted by atomic mass is 9.64. The Morgan fingerprint density at radius 2 is 1.33 bits per heavy atom. The van der Waals surface area contributed by atoms with E-state index in [9.17, 15) is 9.59 Å². The Kier molecular flexibility index (Phi) is 1.36. The molecule has 4 aliphatic heterocycles. The van der Waals surface area contributed by atoms with Crippen LogP contribution in [0.15, 0.2) is 39.9 Å². The third-order valence-corrected chi connectivity index (χ3v) is 9.85. The van der Waals surface area contributed by atoms with Crippen molar-refractivity contribution < 1.29 is 9.47 Å². The van der Waals surface area contributed by atoms with E-state index in [1.54, 1.807) is 0 Å². The summed E-state index contributed by atoms with van der Waals surface area (Å²) < 4.78 is 17.4. The van der Waals surface area contributed by atoms with Gasteiger partial charge in [0.2, 0.25) is 0 Å². The quantitative estimate of drug-likeness (QED) is 0.667. The Morgan fingerprint density at radius 3 is 1.89 bits per heavy atom. The highest BCUT2D eigenvalue weighted by molar-refractivity contribution is 5.56. The lowest BCUT2D eigenvalue weighted by molar-refractivity contribution is -0.0267. The first-order valence-corrected chi connectivity index (χ1v) is 10.1. The molecule has 134 valence electrons. The minimum Gasteiger partial charge on any atom is -0.366 e. The zero-order valence-corrected chi connectivity index (χ0v) is 14.1. The second kappa shape index (κ2) is 2.97. The van der Waals surface area contributed by atoms with Crippen LogP contribution in [0, 0.1) is 34.5 Å². The molecule has 0 amide bonds. The van der Waals surface area contributed by atoms with E-state index in [0.717, 1.165) is 0 Å². The van der Waals surface area contributed by atoms with Gasteiger partial charge in [-0.1, -0.05) is 18.2 Å². The van der Waals surface area contributed by atoms with Gasteiger partial charge >= 0.3 is 11.4 Å². The zero-order valence-electron chi connectivity index (χ0n) is 14.1. The van der Waals surface area contributed by atoms with E-state index in [2.05, 4.69) is 0 Å². The SMILES string of the molecule is O=c1n(-c2ccccc2)c(=O)n2n1[C@H]1[C@H]3C4C5[C@]16[C@@H]1O[C@@H]1[C@@H]1O[C@@H]1[C@]56[C@@H]2[C@@H]43. The molecule has 7 fully saturated rings. The second-order valence-corrected chi connectivity index (χ2v) is 9.93. The molecule has 1 aromatic carbocycles. The van der Waals surface area contributed by atoms with Crippen LogP contribution in [0.5, 0.6) is 0 Å². The standard InChI is InChI=1S/C20H15N3O4/c24-17-21(6-4-2-1-3-5-6)18(25)23-14-9-7-8(9)13(22(17)23)19-12(7)20(14,19)16-11(27-16)10-15(19)26-10/h1-5,7-16H/t7?,8-,9-,10-,11+,12?,13-,14-,15-,16+,19+,20+/m0/s1. The number of benzene rings is 1. The van der Waals surface area contributed by atoms with Gasteiger partial charge in [0.1, 0.15) is 12.2 Å². The van der Waals surface area contributed by atoms with Gasteiger partial charge in [-0.25, -0.2) is 23.5 Å². The van der Waals surface area contributed by atoms with Crippen LogP contribution >= 0.6 is 0 Å². The number of aromatic nitrogens is 3. The number of rotatable bonds is 1. The van der Waals surface area contributed by atoms with Gasteiger partial charge in [-0.2, -0.15) is 0 Å². The van der Waals surface area contributed by atoms with Crippen molar-refractivity contribution >= 4 is 0 Å². The van der Waals surface area contributed by atoms with Gasteiger partial charge in [0.15, 0.2) is 0 Å². The van der Waals surface area contributed by atoms with E-state index in [-0.39, 0.29) is 58.7 Å². The molecule has 5 aliphatic carbocycles. The van der Waals surface area contributed by atoms with E-state index >= 15 is 0 Å². The normalized spacial score (nSPS) is 61.6. The van der Waals surface area contributed by atoms with Crippen molar-refractivity contribution in [1.29, 1.82) is 0 Å². The van der Waals surface area contributed by atoms with Crippen molar-refractivity contribution in [1.82, 2.24) is 13.9 Å². The fourth-order valence-corrected chi connectivity index (χ4v) is 9.63. The van der Waals surface area contributed by atoms with E-state index < -0.39 is 0 Å². The molecule has 11 rings (SSSR count). The number of ether oxygens (including phenoxy) is 2. The van der Waals surface area contributed by atoms with Crippen LogP contribution in [-0.2, 0) is 9.47 Å².